The van der Waals surface area contributed by atoms with Crippen molar-refractivity contribution in [3.05, 3.63) is 70.5 Å². The van der Waals surface area contributed by atoms with Crippen LogP contribution in [0.5, 0.6) is 0 Å². The normalized spacial score (nSPS) is 12.0. The number of hydrogen-bond donors (Lipinski definition) is 0. The molecule has 0 fully saturated rings. The van der Waals surface area contributed by atoms with Crippen LogP contribution in [0, 0.1) is 12.7 Å². The van der Waals surface area contributed by atoms with E-state index in [0.29, 0.717) is 5.56 Å². The predicted molar refractivity (Wildman–Crippen MR) is 76.4 cm³/mol. The molecule has 2 rings (SSSR count). The van der Waals surface area contributed by atoms with Gasteiger partial charge in [0.05, 0.1) is 12.7 Å². The predicted octanol–water partition coefficient (Wildman–Crippen LogP) is 4.07. The summed E-state index contributed by atoms with van der Waals surface area (Å²) in [4.78, 5) is 11.6. The Hall–Kier alpha value is -2.16. The molecule has 0 aliphatic heterocycles. The van der Waals surface area contributed by atoms with Crippen molar-refractivity contribution < 1.29 is 13.9 Å². The number of hydrogen-bond acceptors (Lipinski definition) is 2. The Morgan fingerprint density at radius 3 is 2.55 bits per heavy atom. The van der Waals surface area contributed by atoms with Crippen LogP contribution in [0.2, 0.25) is 0 Å². The number of aryl methyl sites for hydroxylation is 1. The van der Waals surface area contributed by atoms with Gasteiger partial charge in [-0.3, -0.25) is 0 Å². The quantitative estimate of drug-likeness (QED) is 0.787. The molecule has 0 radical (unpaired) electrons. The van der Waals surface area contributed by atoms with Gasteiger partial charge in [-0.15, -0.1) is 0 Å². The van der Waals surface area contributed by atoms with Crippen molar-refractivity contribution in [2.45, 2.75) is 19.8 Å². The average molecular weight is 272 g/mol. The Kier molecular flexibility index (Phi) is 4.18. The van der Waals surface area contributed by atoms with Crippen LogP contribution in [0.3, 0.4) is 0 Å². The van der Waals surface area contributed by atoms with Gasteiger partial charge in [-0.2, -0.15) is 0 Å². The van der Waals surface area contributed by atoms with E-state index in [0.717, 1.165) is 16.7 Å². The van der Waals surface area contributed by atoms with Gasteiger partial charge in [-0.1, -0.05) is 25.1 Å². The highest BCUT2D eigenvalue weighted by molar-refractivity contribution is 5.89. The van der Waals surface area contributed by atoms with Gasteiger partial charge < -0.3 is 4.74 Å². The maximum Gasteiger partial charge on any atom is 0.337 e. The molecular weight excluding hydrogens is 255 g/mol. The molecule has 0 saturated heterocycles. The molecule has 2 aromatic carbocycles. The van der Waals surface area contributed by atoms with E-state index in [1.807, 2.05) is 32.0 Å². The summed E-state index contributed by atoms with van der Waals surface area (Å²) in [5.74, 6) is -0.598. The van der Waals surface area contributed by atoms with Crippen molar-refractivity contribution in [1.29, 1.82) is 0 Å². The van der Waals surface area contributed by atoms with E-state index in [1.54, 1.807) is 12.1 Å². The second-order valence-corrected chi connectivity index (χ2v) is 4.90. The Morgan fingerprint density at radius 1 is 1.15 bits per heavy atom. The summed E-state index contributed by atoms with van der Waals surface area (Å²) in [5, 5.41) is 0. The van der Waals surface area contributed by atoms with Crippen molar-refractivity contribution in [1.82, 2.24) is 0 Å². The molecule has 1 unspecified atom stereocenters. The van der Waals surface area contributed by atoms with E-state index in [2.05, 4.69) is 0 Å². The number of methoxy groups -OCH3 is 1. The lowest BCUT2D eigenvalue weighted by atomic mass is 9.91. The molecule has 0 N–H and O–H groups in total. The minimum absolute atomic E-state index is 0.00834. The Labute approximate surface area is 118 Å². The number of esters is 1. The Balaban J connectivity index is 2.37. The minimum atomic E-state index is -0.366. The van der Waals surface area contributed by atoms with Crippen LogP contribution in [0.4, 0.5) is 4.39 Å². The molecule has 2 nitrogen and oxygen atoms in total. The fourth-order valence-electron chi connectivity index (χ4n) is 2.26. The molecule has 0 heterocycles. The molecule has 0 saturated carbocycles. The number of benzene rings is 2. The molecule has 1 atom stereocenters. The fraction of sp³-hybridized carbons (Fsp3) is 0.235. The van der Waals surface area contributed by atoms with E-state index < -0.39 is 0 Å². The summed E-state index contributed by atoms with van der Waals surface area (Å²) in [5.41, 5.74) is 3.24. The first-order chi connectivity index (χ1) is 9.51. The van der Waals surface area contributed by atoms with Gasteiger partial charge in [-0.25, -0.2) is 9.18 Å². The first-order valence-electron chi connectivity index (χ1n) is 6.46. The molecule has 0 spiro atoms. The summed E-state index contributed by atoms with van der Waals surface area (Å²) in [6, 6.07) is 12.2. The van der Waals surface area contributed by atoms with E-state index in [-0.39, 0.29) is 17.7 Å². The van der Waals surface area contributed by atoms with E-state index >= 15 is 0 Å². The van der Waals surface area contributed by atoms with Crippen molar-refractivity contribution in [3.63, 3.8) is 0 Å². The molecule has 20 heavy (non-hydrogen) atoms. The van der Waals surface area contributed by atoms with Gasteiger partial charge in [0.15, 0.2) is 0 Å². The van der Waals surface area contributed by atoms with E-state index in [1.165, 1.54) is 19.2 Å². The third-order valence-electron chi connectivity index (χ3n) is 3.37. The number of rotatable bonds is 3. The third-order valence-corrected chi connectivity index (χ3v) is 3.37. The SMILES string of the molecule is COC(=O)c1cccc(C(C)c2cc(C)cc(F)c2)c1. The Bertz CT molecular complexity index is 614. The van der Waals surface area contributed by atoms with Crippen molar-refractivity contribution in [2.75, 3.05) is 7.11 Å². The van der Waals surface area contributed by atoms with Crippen LogP contribution in [0.15, 0.2) is 42.5 Å². The zero-order valence-corrected chi connectivity index (χ0v) is 11.8. The summed E-state index contributed by atoms with van der Waals surface area (Å²) >= 11 is 0. The van der Waals surface area contributed by atoms with Gasteiger partial charge in [0.2, 0.25) is 0 Å². The maximum absolute atomic E-state index is 13.5. The fourth-order valence-corrected chi connectivity index (χ4v) is 2.26. The van der Waals surface area contributed by atoms with Gasteiger partial charge in [-0.05, 0) is 47.9 Å². The molecule has 0 bridgehead atoms. The highest BCUT2D eigenvalue weighted by atomic mass is 19.1. The molecule has 0 aliphatic carbocycles. The van der Waals surface area contributed by atoms with Gasteiger partial charge in [0.1, 0.15) is 5.82 Å². The average Bonchev–Trinajstić information content (AvgIpc) is 2.44. The lowest BCUT2D eigenvalue weighted by molar-refractivity contribution is 0.0600. The van der Waals surface area contributed by atoms with Crippen LogP contribution in [0.25, 0.3) is 0 Å². The van der Waals surface area contributed by atoms with Crippen LogP contribution in [0.1, 0.15) is 39.9 Å². The molecule has 2 aromatic rings. The monoisotopic (exact) mass is 272 g/mol. The summed E-state index contributed by atoms with van der Waals surface area (Å²) in [7, 11) is 1.36. The standard InChI is InChI=1S/C17H17FO2/c1-11-7-15(10-16(18)8-11)12(2)13-5-4-6-14(9-13)17(19)20-3/h4-10,12H,1-3H3. The van der Waals surface area contributed by atoms with Gasteiger partial charge in [0, 0.05) is 5.92 Å². The van der Waals surface area contributed by atoms with Gasteiger partial charge >= 0.3 is 5.97 Å². The second kappa shape index (κ2) is 5.87. The van der Waals surface area contributed by atoms with Crippen molar-refractivity contribution >= 4 is 5.97 Å². The molecule has 3 heteroatoms. The van der Waals surface area contributed by atoms with Crippen molar-refractivity contribution in [3.8, 4) is 0 Å². The number of carbonyl (C=O) groups excluding carboxylic acids is 1. The Morgan fingerprint density at radius 2 is 1.90 bits per heavy atom. The molecule has 0 aromatic heterocycles. The third kappa shape index (κ3) is 3.05. The molecular formula is C17H17FO2. The summed E-state index contributed by atoms with van der Waals surface area (Å²) < 4.78 is 18.2. The maximum atomic E-state index is 13.5. The lowest BCUT2D eigenvalue weighted by Crippen LogP contribution is -2.04. The first-order valence-corrected chi connectivity index (χ1v) is 6.46. The van der Waals surface area contributed by atoms with E-state index in [4.69, 9.17) is 4.74 Å². The highest BCUT2D eigenvalue weighted by Gasteiger charge is 2.13. The summed E-state index contributed by atoms with van der Waals surface area (Å²) in [6.45, 7) is 3.86. The van der Waals surface area contributed by atoms with Gasteiger partial charge in [0.25, 0.3) is 0 Å². The number of carbonyl (C=O) groups is 1. The van der Waals surface area contributed by atoms with Crippen LogP contribution in [-0.4, -0.2) is 13.1 Å². The largest absolute Gasteiger partial charge is 0.465 e. The van der Waals surface area contributed by atoms with Crippen LogP contribution < -0.4 is 0 Å². The highest BCUT2D eigenvalue weighted by Crippen LogP contribution is 2.26. The lowest BCUT2D eigenvalue weighted by Gasteiger charge is -2.14. The molecule has 0 aliphatic rings. The number of halogens is 1. The number of ether oxygens (including phenoxy) is 1. The zero-order chi connectivity index (χ0) is 14.7. The summed E-state index contributed by atoms with van der Waals surface area (Å²) in [6.07, 6.45) is 0. The smallest absolute Gasteiger partial charge is 0.337 e. The first kappa shape index (κ1) is 14.3. The van der Waals surface area contributed by atoms with E-state index in [9.17, 15) is 9.18 Å². The van der Waals surface area contributed by atoms with Crippen molar-refractivity contribution in [2.24, 2.45) is 0 Å². The second-order valence-electron chi connectivity index (χ2n) is 4.90. The zero-order valence-electron chi connectivity index (χ0n) is 11.8. The minimum Gasteiger partial charge on any atom is -0.465 e. The molecule has 0 amide bonds. The van der Waals surface area contributed by atoms with Crippen LogP contribution in [-0.2, 0) is 4.74 Å². The topological polar surface area (TPSA) is 26.3 Å². The molecule has 104 valence electrons. The van der Waals surface area contributed by atoms with Crippen LogP contribution >= 0.6 is 0 Å².